The van der Waals surface area contributed by atoms with E-state index in [1.54, 1.807) is 37.5 Å². The Morgan fingerprint density at radius 3 is 2.78 bits per heavy atom. The highest BCUT2D eigenvalue weighted by molar-refractivity contribution is 5.77. The van der Waals surface area contributed by atoms with Crippen LogP contribution in [0.5, 0.6) is 0 Å². The van der Waals surface area contributed by atoms with Crippen molar-refractivity contribution in [2.24, 2.45) is 0 Å². The second-order valence-electron chi connectivity index (χ2n) is 5.80. The van der Waals surface area contributed by atoms with Crippen LogP contribution < -0.4 is 5.32 Å². The molecule has 1 aliphatic rings. The van der Waals surface area contributed by atoms with Crippen LogP contribution in [0.2, 0.25) is 0 Å². The first-order chi connectivity index (χ1) is 11.1. The number of halogens is 1. The number of benzene rings is 1. The lowest BCUT2D eigenvalue weighted by atomic mass is 10.0. The van der Waals surface area contributed by atoms with Crippen molar-refractivity contribution in [3.8, 4) is 0 Å². The van der Waals surface area contributed by atoms with E-state index in [2.05, 4.69) is 15.3 Å². The van der Waals surface area contributed by atoms with Crippen LogP contribution in [0.1, 0.15) is 17.5 Å². The van der Waals surface area contributed by atoms with Crippen LogP contribution in [-0.2, 0) is 11.2 Å². The van der Waals surface area contributed by atoms with Gasteiger partial charge in [-0.2, -0.15) is 0 Å². The van der Waals surface area contributed by atoms with E-state index < -0.39 is 0 Å². The Kier molecular flexibility index (Phi) is 4.50. The molecule has 1 aliphatic heterocycles. The molecule has 0 bridgehead atoms. The molecule has 0 saturated carbocycles. The van der Waals surface area contributed by atoms with Gasteiger partial charge >= 0.3 is 0 Å². The van der Waals surface area contributed by atoms with Crippen LogP contribution in [0.3, 0.4) is 0 Å². The Labute approximate surface area is 134 Å². The van der Waals surface area contributed by atoms with Crippen LogP contribution >= 0.6 is 0 Å². The standard InChI is InChI=1S/C17H19FN4O/c1-12-9-13(3-5-15(12)18)4-6-16(23)22-10-14(11-22)21-17-19-7-2-8-20-17/h2-3,5,7-9,14H,4,6,10-11H2,1H3,(H,19,20,21). The number of carbonyl (C=O) groups is 1. The molecule has 23 heavy (non-hydrogen) atoms. The summed E-state index contributed by atoms with van der Waals surface area (Å²) < 4.78 is 13.2. The minimum absolute atomic E-state index is 0.124. The summed E-state index contributed by atoms with van der Waals surface area (Å²) in [5, 5.41) is 3.19. The van der Waals surface area contributed by atoms with E-state index in [-0.39, 0.29) is 17.8 Å². The maximum Gasteiger partial charge on any atom is 0.223 e. The van der Waals surface area contributed by atoms with Crippen LogP contribution in [0, 0.1) is 12.7 Å². The highest BCUT2D eigenvalue weighted by atomic mass is 19.1. The van der Waals surface area contributed by atoms with Gasteiger partial charge in [0.05, 0.1) is 6.04 Å². The molecule has 0 radical (unpaired) electrons. The van der Waals surface area contributed by atoms with E-state index in [0.717, 1.165) is 5.56 Å². The van der Waals surface area contributed by atoms with E-state index >= 15 is 0 Å². The van der Waals surface area contributed by atoms with Crippen molar-refractivity contribution in [1.82, 2.24) is 14.9 Å². The fourth-order valence-electron chi connectivity index (χ4n) is 2.60. The first kappa shape index (κ1) is 15.4. The molecule has 0 atom stereocenters. The lowest BCUT2D eigenvalue weighted by molar-refractivity contribution is -0.135. The van der Waals surface area contributed by atoms with Gasteiger partial charge in [-0.3, -0.25) is 4.79 Å². The number of nitrogens with one attached hydrogen (secondary N) is 1. The summed E-state index contributed by atoms with van der Waals surface area (Å²) in [4.78, 5) is 22.2. The van der Waals surface area contributed by atoms with Crippen LogP contribution in [0.15, 0.2) is 36.7 Å². The van der Waals surface area contributed by atoms with Gasteiger partial charge in [0.2, 0.25) is 11.9 Å². The van der Waals surface area contributed by atoms with Gasteiger partial charge < -0.3 is 10.2 Å². The van der Waals surface area contributed by atoms with Gasteiger partial charge in [0.25, 0.3) is 0 Å². The Bertz CT molecular complexity index is 686. The molecule has 1 fully saturated rings. The Hall–Kier alpha value is -2.50. The zero-order valence-corrected chi connectivity index (χ0v) is 13.0. The third-order valence-electron chi connectivity index (χ3n) is 3.98. The zero-order chi connectivity index (χ0) is 16.2. The van der Waals surface area contributed by atoms with Crippen molar-refractivity contribution in [3.05, 3.63) is 53.6 Å². The first-order valence-electron chi connectivity index (χ1n) is 7.68. The number of carbonyl (C=O) groups excluding carboxylic acids is 1. The molecule has 1 aromatic heterocycles. The number of hydrogen-bond donors (Lipinski definition) is 1. The number of nitrogens with zero attached hydrogens (tertiary/aromatic N) is 3. The van der Waals surface area contributed by atoms with Gasteiger partial charge in [0.1, 0.15) is 5.82 Å². The summed E-state index contributed by atoms with van der Waals surface area (Å²) in [6.45, 7) is 3.07. The molecule has 1 saturated heterocycles. The van der Waals surface area contributed by atoms with Crippen LogP contribution in [-0.4, -0.2) is 39.9 Å². The summed E-state index contributed by atoms with van der Waals surface area (Å²) in [6.07, 6.45) is 4.44. The molecule has 2 aromatic rings. The summed E-state index contributed by atoms with van der Waals surface area (Å²) >= 11 is 0. The topological polar surface area (TPSA) is 58.1 Å². The minimum atomic E-state index is -0.208. The van der Waals surface area contributed by atoms with Crippen LogP contribution in [0.25, 0.3) is 0 Å². The van der Waals surface area contributed by atoms with Crippen molar-refractivity contribution in [3.63, 3.8) is 0 Å². The van der Waals surface area contributed by atoms with Gasteiger partial charge in [-0.1, -0.05) is 12.1 Å². The van der Waals surface area contributed by atoms with Gasteiger partial charge in [0.15, 0.2) is 0 Å². The van der Waals surface area contributed by atoms with Crippen molar-refractivity contribution < 1.29 is 9.18 Å². The number of aromatic nitrogens is 2. The molecular formula is C17H19FN4O. The zero-order valence-electron chi connectivity index (χ0n) is 13.0. The lowest BCUT2D eigenvalue weighted by Gasteiger charge is -2.39. The largest absolute Gasteiger partial charge is 0.348 e. The van der Waals surface area contributed by atoms with E-state index in [1.165, 1.54) is 6.07 Å². The summed E-state index contributed by atoms with van der Waals surface area (Å²) in [5.74, 6) is 0.505. The highest BCUT2D eigenvalue weighted by Gasteiger charge is 2.30. The van der Waals surface area contributed by atoms with Gasteiger partial charge in [-0.05, 0) is 36.6 Å². The number of amides is 1. The predicted octanol–water partition coefficient (Wildman–Crippen LogP) is 2.18. The number of rotatable bonds is 5. The number of likely N-dealkylation sites (tertiary alicyclic amines) is 1. The second kappa shape index (κ2) is 6.73. The summed E-state index contributed by atoms with van der Waals surface area (Å²) in [5.41, 5.74) is 1.61. The number of hydrogen-bond acceptors (Lipinski definition) is 4. The van der Waals surface area contributed by atoms with Crippen molar-refractivity contribution in [2.75, 3.05) is 18.4 Å². The third kappa shape index (κ3) is 3.83. The maximum atomic E-state index is 13.2. The number of anilines is 1. The van der Waals surface area contributed by atoms with Crippen LogP contribution in [0.4, 0.5) is 10.3 Å². The van der Waals surface area contributed by atoms with Crippen molar-refractivity contribution >= 4 is 11.9 Å². The first-order valence-corrected chi connectivity index (χ1v) is 7.68. The molecule has 1 aromatic carbocycles. The van der Waals surface area contributed by atoms with Gasteiger partial charge in [0, 0.05) is 31.9 Å². The average molecular weight is 314 g/mol. The molecule has 120 valence electrons. The second-order valence-corrected chi connectivity index (χ2v) is 5.80. The monoisotopic (exact) mass is 314 g/mol. The van der Waals surface area contributed by atoms with E-state index in [1.807, 2.05) is 4.90 Å². The van der Waals surface area contributed by atoms with Gasteiger partial charge in [-0.25, -0.2) is 14.4 Å². The maximum absolute atomic E-state index is 13.2. The molecule has 0 unspecified atom stereocenters. The molecular weight excluding hydrogens is 295 g/mol. The Morgan fingerprint density at radius 1 is 1.35 bits per heavy atom. The molecule has 5 nitrogen and oxygen atoms in total. The lowest BCUT2D eigenvalue weighted by Crippen LogP contribution is -2.57. The molecule has 2 heterocycles. The molecule has 1 amide bonds. The fourth-order valence-corrected chi connectivity index (χ4v) is 2.60. The molecule has 1 N–H and O–H groups in total. The Morgan fingerprint density at radius 2 is 2.09 bits per heavy atom. The normalized spacial score (nSPS) is 14.4. The van der Waals surface area contributed by atoms with Gasteiger partial charge in [-0.15, -0.1) is 0 Å². The smallest absolute Gasteiger partial charge is 0.223 e. The SMILES string of the molecule is Cc1cc(CCC(=O)N2CC(Nc3ncccn3)C2)ccc1F. The molecule has 6 heteroatoms. The van der Waals surface area contributed by atoms with E-state index in [0.29, 0.717) is 37.4 Å². The third-order valence-corrected chi connectivity index (χ3v) is 3.98. The van der Waals surface area contributed by atoms with E-state index in [9.17, 15) is 9.18 Å². The highest BCUT2D eigenvalue weighted by Crippen LogP contribution is 2.16. The fraction of sp³-hybridized carbons (Fsp3) is 0.353. The average Bonchev–Trinajstić information content (AvgIpc) is 2.52. The molecule has 3 rings (SSSR count). The predicted molar refractivity (Wildman–Crippen MR) is 85.5 cm³/mol. The van der Waals surface area contributed by atoms with Crippen molar-refractivity contribution in [2.45, 2.75) is 25.8 Å². The Balaban J connectivity index is 1.43. The number of aryl methyl sites for hydroxylation is 2. The summed E-state index contributed by atoms with van der Waals surface area (Å²) in [6, 6.07) is 6.96. The van der Waals surface area contributed by atoms with Crippen molar-refractivity contribution in [1.29, 1.82) is 0 Å². The quantitative estimate of drug-likeness (QED) is 0.919. The van der Waals surface area contributed by atoms with E-state index in [4.69, 9.17) is 0 Å². The summed E-state index contributed by atoms with van der Waals surface area (Å²) in [7, 11) is 0. The minimum Gasteiger partial charge on any atom is -0.348 e. The molecule has 0 aliphatic carbocycles. The molecule has 0 spiro atoms.